The molecule has 3 nitrogen and oxygen atoms in total. The zero-order chi connectivity index (χ0) is 9.73. The van der Waals surface area contributed by atoms with Crippen LogP contribution in [0.1, 0.15) is 32.6 Å². The molecule has 2 saturated heterocycles. The monoisotopic (exact) mass is 185 g/mol. The molecule has 3 heteroatoms. The molecule has 0 unspecified atom stereocenters. The van der Waals surface area contributed by atoms with Crippen molar-refractivity contribution in [1.82, 2.24) is 0 Å². The molecule has 2 rings (SSSR count). The first kappa shape index (κ1) is 10.5. The van der Waals surface area contributed by atoms with Gasteiger partial charge < -0.3 is 10.2 Å². The predicted octanol–water partition coefficient (Wildman–Crippen LogP) is 0.882. The second kappa shape index (κ2) is 4.61. The molecule has 2 aliphatic heterocycles. The lowest BCUT2D eigenvalue weighted by atomic mass is 10.4. The zero-order valence-corrected chi connectivity index (χ0v) is 8.59. The van der Waals surface area contributed by atoms with Crippen LogP contribution in [0.25, 0.3) is 0 Å². The third kappa shape index (κ3) is 3.35. The summed E-state index contributed by atoms with van der Waals surface area (Å²) >= 11 is 0. The highest BCUT2D eigenvalue weighted by Gasteiger charge is 2.34. The Hall–Kier alpha value is -0.570. The maximum atomic E-state index is 9.22. The zero-order valence-electron chi connectivity index (χ0n) is 8.59. The average Bonchev–Trinajstić information content (AvgIpc) is 2.63. The van der Waals surface area contributed by atoms with Gasteiger partial charge in [-0.3, -0.25) is 4.79 Å². The van der Waals surface area contributed by atoms with Crippen molar-refractivity contribution in [3.05, 3.63) is 0 Å². The molecule has 0 atom stereocenters. The molecule has 0 bridgehead atoms. The van der Waals surface area contributed by atoms with Crippen LogP contribution in [0.3, 0.4) is 0 Å². The summed E-state index contributed by atoms with van der Waals surface area (Å²) in [4.78, 5) is 9.22. The summed E-state index contributed by atoms with van der Waals surface area (Å²) in [6.45, 7) is 7.31. The molecule has 0 aromatic rings. The summed E-state index contributed by atoms with van der Waals surface area (Å²) in [5.74, 6) is -0.333. The van der Waals surface area contributed by atoms with Crippen LogP contribution in [-0.4, -0.2) is 36.6 Å². The second-order valence-electron chi connectivity index (χ2n) is 4.26. The minimum atomic E-state index is -0.333. The van der Waals surface area contributed by atoms with Crippen LogP contribution >= 0.6 is 0 Å². The summed E-state index contributed by atoms with van der Waals surface area (Å²) in [6.07, 6.45) is 6.00. The molecule has 2 N–H and O–H groups in total. The van der Waals surface area contributed by atoms with E-state index in [2.05, 4.69) is 5.73 Å². The quantitative estimate of drug-likeness (QED) is 0.559. The van der Waals surface area contributed by atoms with Crippen molar-refractivity contribution >= 4 is 5.91 Å². The molecule has 13 heavy (non-hydrogen) atoms. The first-order valence-corrected chi connectivity index (χ1v) is 5.26. The lowest BCUT2D eigenvalue weighted by Gasteiger charge is -2.27. The van der Waals surface area contributed by atoms with Crippen molar-refractivity contribution in [2.75, 3.05) is 26.2 Å². The van der Waals surface area contributed by atoms with E-state index in [1.807, 2.05) is 0 Å². The van der Waals surface area contributed by atoms with Gasteiger partial charge in [0.1, 0.15) is 0 Å². The lowest BCUT2D eigenvalue weighted by Crippen LogP contribution is -2.41. The van der Waals surface area contributed by atoms with Gasteiger partial charge in [-0.05, 0) is 0 Å². The molecule has 0 aromatic heterocycles. The second-order valence-corrected chi connectivity index (χ2v) is 4.26. The Bertz CT molecular complexity index is 146. The van der Waals surface area contributed by atoms with Crippen molar-refractivity contribution in [2.45, 2.75) is 32.6 Å². The van der Waals surface area contributed by atoms with Crippen LogP contribution in [0.2, 0.25) is 0 Å². The number of nitrogens with zero attached hydrogens (tertiary/aromatic N) is 1. The fourth-order valence-corrected chi connectivity index (χ4v) is 2.46. The molecule has 1 amide bonds. The van der Waals surface area contributed by atoms with Crippen molar-refractivity contribution in [3.8, 4) is 0 Å². The summed E-state index contributed by atoms with van der Waals surface area (Å²) in [5.41, 5.74) is 4.47. The molecular weight excluding hydrogens is 164 g/mol. The standard InChI is InChI=1S/C8H16N.C2H5NO/c1-2-6-9(5-1)7-3-4-8-9;1-2(3)4/h1-8H2;1H3,(H2,3,4)/q+1;. The van der Waals surface area contributed by atoms with Gasteiger partial charge in [-0.15, -0.1) is 0 Å². The summed E-state index contributed by atoms with van der Waals surface area (Å²) in [5, 5.41) is 0. The van der Waals surface area contributed by atoms with E-state index in [9.17, 15) is 4.79 Å². The Labute approximate surface area is 80.5 Å². The van der Waals surface area contributed by atoms with Gasteiger partial charge in [-0.2, -0.15) is 0 Å². The maximum absolute atomic E-state index is 9.22. The molecule has 2 heterocycles. The fraction of sp³-hybridized carbons (Fsp3) is 0.900. The molecule has 2 fully saturated rings. The van der Waals surface area contributed by atoms with E-state index in [4.69, 9.17) is 0 Å². The number of carbonyl (C=O) groups is 1. The summed E-state index contributed by atoms with van der Waals surface area (Å²) < 4.78 is 1.50. The van der Waals surface area contributed by atoms with E-state index >= 15 is 0 Å². The largest absolute Gasteiger partial charge is 0.370 e. The molecule has 0 saturated carbocycles. The van der Waals surface area contributed by atoms with E-state index in [0.717, 1.165) is 0 Å². The van der Waals surface area contributed by atoms with E-state index in [-0.39, 0.29) is 5.91 Å². The van der Waals surface area contributed by atoms with Crippen LogP contribution < -0.4 is 5.73 Å². The van der Waals surface area contributed by atoms with Crippen LogP contribution in [0.15, 0.2) is 0 Å². The smallest absolute Gasteiger partial charge is 0.214 e. The van der Waals surface area contributed by atoms with Crippen LogP contribution in [0.4, 0.5) is 0 Å². The highest BCUT2D eigenvalue weighted by atomic mass is 16.1. The molecule has 0 aliphatic carbocycles. The third-order valence-electron chi connectivity index (χ3n) is 3.03. The minimum absolute atomic E-state index is 0.333. The number of quaternary nitrogens is 1. The van der Waals surface area contributed by atoms with Gasteiger partial charge in [0.2, 0.25) is 5.91 Å². The van der Waals surface area contributed by atoms with E-state index in [1.165, 1.54) is 63.3 Å². The Morgan fingerprint density at radius 1 is 1.00 bits per heavy atom. The van der Waals surface area contributed by atoms with Gasteiger partial charge in [0.15, 0.2) is 0 Å². The molecule has 1 spiro atoms. The summed E-state index contributed by atoms with van der Waals surface area (Å²) in [6, 6.07) is 0. The fourth-order valence-electron chi connectivity index (χ4n) is 2.46. The van der Waals surface area contributed by atoms with Crippen LogP contribution in [0.5, 0.6) is 0 Å². The normalized spacial score (nSPS) is 24.1. The first-order chi connectivity index (χ1) is 6.15. The van der Waals surface area contributed by atoms with Gasteiger partial charge >= 0.3 is 0 Å². The molecule has 2 aliphatic rings. The van der Waals surface area contributed by atoms with Crippen molar-refractivity contribution in [1.29, 1.82) is 0 Å². The Kier molecular flexibility index (Phi) is 3.72. The van der Waals surface area contributed by atoms with Crippen molar-refractivity contribution < 1.29 is 9.28 Å². The van der Waals surface area contributed by atoms with Crippen molar-refractivity contribution in [2.24, 2.45) is 5.73 Å². The highest BCUT2D eigenvalue weighted by Crippen LogP contribution is 2.25. The SMILES string of the molecule is C1CC[N+]2(C1)CCCC2.CC(N)=O. The number of carbonyl (C=O) groups excluding carboxylic acids is 1. The molecule has 0 radical (unpaired) electrons. The number of primary amides is 1. The van der Waals surface area contributed by atoms with Gasteiger partial charge in [-0.1, -0.05) is 0 Å². The van der Waals surface area contributed by atoms with Gasteiger partial charge in [-0.25, -0.2) is 0 Å². The minimum Gasteiger partial charge on any atom is -0.370 e. The van der Waals surface area contributed by atoms with Crippen LogP contribution in [-0.2, 0) is 4.79 Å². The number of amides is 1. The number of nitrogens with two attached hydrogens (primary N) is 1. The topological polar surface area (TPSA) is 43.1 Å². The molecule has 76 valence electrons. The number of rotatable bonds is 0. The molecule has 0 aromatic carbocycles. The average molecular weight is 185 g/mol. The Morgan fingerprint density at radius 3 is 1.46 bits per heavy atom. The van der Waals surface area contributed by atoms with Gasteiger partial charge in [0, 0.05) is 32.6 Å². The van der Waals surface area contributed by atoms with Gasteiger partial charge in [0.25, 0.3) is 0 Å². The lowest BCUT2D eigenvalue weighted by molar-refractivity contribution is -0.904. The van der Waals surface area contributed by atoms with E-state index in [0.29, 0.717) is 0 Å². The van der Waals surface area contributed by atoms with E-state index < -0.39 is 0 Å². The van der Waals surface area contributed by atoms with Gasteiger partial charge in [0.05, 0.1) is 26.2 Å². The number of hydrogen-bond acceptors (Lipinski definition) is 1. The van der Waals surface area contributed by atoms with Crippen molar-refractivity contribution in [3.63, 3.8) is 0 Å². The van der Waals surface area contributed by atoms with E-state index in [1.54, 1.807) is 0 Å². The third-order valence-corrected chi connectivity index (χ3v) is 3.03. The Balaban J connectivity index is 0.000000184. The highest BCUT2D eigenvalue weighted by molar-refractivity contribution is 5.70. The van der Waals surface area contributed by atoms with Crippen LogP contribution in [0, 0.1) is 0 Å². The maximum Gasteiger partial charge on any atom is 0.214 e. The first-order valence-electron chi connectivity index (χ1n) is 5.26. The number of hydrogen-bond donors (Lipinski definition) is 1. The molecular formula is C10H21N2O+. The summed E-state index contributed by atoms with van der Waals surface area (Å²) in [7, 11) is 0. The Morgan fingerprint density at radius 2 is 1.23 bits per heavy atom. The predicted molar refractivity (Wildman–Crippen MR) is 53.1 cm³/mol.